The van der Waals surface area contributed by atoms with E-state index in [-0.39, 0.29) is 17.0 Å². The summed E-state index contributed by atoms with van der Waals surface area (Å²) < 4.78 is 13.4. The van der Waals surface area contributed by atoms with Crippen molar-refractivity contribution >= 4 is 15.9 Å². The van der Waals surface area contributed by atoms with Crippen molar-refractivity contribution in [1.29, 1.82) is 5.26 Å². The maximum Gasteiger partial charge on any atom is 0.259 e. The number of pyridine rings is 2. The molecule has 2 N–H and O–H groups in total. The molecule has 156 valence electrons. The lowest BCUT2D eigenvalue weighted by Crippen LogP contribution is -2.33. The van der Waals surface area contributed by atoms with Crippen LogP contribution in [0.5, 0.6) is 11.5 Å². The first-order valence-corrected chi connectivity index (χ1v) is 10.3. The summed E-state index contributed by atoms with van der Waals surface area (Å²) in [6, 6.07) is 13.1. The SMILES string of the molecule is COc1ccc([C@@H]2C(C#N)=C(N)Oc3cc(C)n(Cc4cccnc4)c(=O)c32)cc1Br. The molecule has 0 amide bonds. The quantitative estimate of drug-likeness (QED) is 0.614. The molecular formula is C23H19BrN4O3. The van der Waals surface area contributed by atoms with Crippen LogP contribution < -0.4 is 20.8 Å². The molecule has 0 saturated heterocycles. The summed E-state index contributed by atoms with van der Waals surface area (Å²) in [5.41, 5.74) is 8.73. The predicted octanol–water partition coefficient (Wildman–Crippen LogP) is 3.59. The van der Waals surface area contributed by atoms with Gasteiger partial charge in [0.25, 0.3) is 5.56 Å². The maximum atomic E-state index is 13.7. The first kappa shape index (κ1) is 20.7. The molecule has 4 rings (SSSR count). The van der Waals surface area contributed by atoms with Gasteiger partial charge >= 0.3 is 0 Å². The normalized spacial score (nSPS) is 15.1. The third kappa shape index (κ3) is 3.68. The Balaban J connectivity index is 1.93. The first-order valence-electron chi connectivity index (χ1n) is 9.48. The summed E-state index contributed by atoms with van der Waals surface area (Å²) in [5, 5.41) is 9.82. The van der Waals surface area contributed by atoms with Gasteiger partial charge in [0.15, 0.2) is 0 Å². The zero-order valence-electron chi connectivity index (χ0n) is 16.9. The van der Waals surface area contributed by atoms with E-state index in [4.69, 9.17) is 15.2 Å². The van der Waals surface area contributed by atoms with Crippen molar-refractivity contribution in [3.05, 3.63) is 97.5 Å². The number of nitrogens with two attached hydrogens (primary N) is 1. The molecule has 0 fully saturated rings. The standard InChI is InChI=1S/C23H19BrN4O3/c1-13-8-19-21(23(29)28(13)12-14-4-3-7-27-11-14)20(16(10-25)22(26)31-19)15-5-6-18(30-2)17(24)9-15/h3-9,11,20H,12,26H2,1-2H3/t20-/m1/s1. The van der Waals surface area contributed by atoms with Crippen molar-refractivity contribution in [1.82, 2.24) is 9.55 Å². The summed E-state index contributed by atoms with van der Waals surface area (Å²) in [6.45, 7) is 2.19. The highest BCUT2D eigenvalue weighted by Gasteiger charge is 2.34. The number of hydrogen-bond donors (Lipinski definition) is 1. The van der Waals surface area contributed by atoms with Crippen molar-refractivity contribution in [2.24, 2.45) is 5.73 Å². The second-order valence-electron chi connectivity index (χ2n) is 7.14. The van der Waals surface area contributed by atoms with Crippen molar-refractivity contribution in [2.75, 3.05) is 7.11 Å². The molecule has 1 aliphatic heterocycles. The Hall–Kier alpha value is -3.57. The Labute approximate surface area is 187 Å². The minimum absolute atomic E-state index is 0.00394. The van der Waals surface area contributed by atoms with Crippen LogP contribution in [-0.4, -0.2) is 16.7 Å². The van der Waals surface area contributed by atoms with E-state index in [0.717, 1.165) is 16.8 Å². The number of nitriles is 1. The molecular weight excluding hydrogens is 460 g/mol. The fraction of sp³-hybridized carbons (Fsp3) is 0.174. The van der Waals surface area contributed by atoms with E-state index in [1.54, 1.807) is 36.2 Å². The van der Waals surface area contributed by atoms with Crippen LogP contribution in [0, 0.1) is 18.3 Å². The molecule has 0 radical (unpaired) electrons. The summed E-state index contributed by atoms with van der Waals surface area (Å²) >= 11 is 3.48. The molecule has 0 saturated carbocycles. The van der Waals surface area contributed by atoms with Gasteiger partial charge in [-0.2, -0.15) is 5.26 Å². The van der Waals surface area contributed by atoms with Crippen molar-refractivity contribution < 1.29 is 9.47 Å². The van der Waals surface area contributed by atoms with E-state index < -0.39 is 5.92 Å². The number of fused-ring (bicyclic) bond motifs is 1. The fourth-order valence-electron chi connectivity index (χ4n) is 3.75. The lowest BCUT2D eigenvalue weighted by atomic mass is 9.84. The monoisotopic (exact) mass is 478 g/mol. The highest BCUT2D eigenvalue weighted by atomic mass is 79.9. The van der Waals surface area contributed by atoms with Gasteiger partial charge in [0.2, 0.25) is 5.88 Å². The van der Waals surface area contributed by atoms with E-state index in [1.165, 1.54) is 0 Å². The minimum Gasteiger partial charge on any atom is -0.496 e. The van der Waals surface area contributed by atoms with Crippen LogP contribution in [0.3, 0.4) is 0 Å². The average molecular weight is 479 g/mol. The molecule has 1 atom stereocenters. The number of methoxy groups -OCH3 is 1. The van der Waals surface area contributed by atoms with Crippen LogP contribution in [0.1, 0.15) is 28.3 Å². The topological polar surface area (TPSA) is 103 Å². The lowest BCUT2D eigenvalue weighted by Gasteiger charge is -2.27. The highest BCUT2D eigenvalue weighted by Crippen LogP contribution is 2.42. The summed E-state index contributed by atoms with van der Waals surface area (Å²) in [5.74, 6) is 0.336. The summed E-state index contributed by atoms with van der Waals surface area (Å²) in [7, 11) is 1.57. The Morgan fingerprint density at radius 3 is 2.81 bits per heavy atom. The van der Waals surface area contributed by atoms with Gasteiger partial charge in [0, 0.05) is 24.2 Å². The number of hydrogen-bond acceptors (Lipinski definition) is 6. The van der Waals surface area contributed by atoms with E-state index >= 15 is 0 Å². The van der Waals surface area contributed by atoms with Gasteiger partial charge in [-0.3, -0.25) is 9.78 Å². The second kappa shape index (κ2) is 8.28. The van der Waals surface area contributed by atoms with Crippen LogP contribution in [0.15, 0.2) is 69.5 Å². The number of aromatic nitrogens is 2. The number of halogens is 1. The van der Waals surface area contributed by atoms with E-state index in [2.05, 4.69) is 27.0 Å². The highest BCUT2D eigenvalue weighted by molar-refractivity contribution is 9.10. The molecule has 1 aliphatic rings. The van der Waals surface area contributed by atoms with Gasteiger partial charge in [-0.25, -0.2) is 0 Å². The van der Waals surface area contributed by atoms with Crippen LogP contribution in [0.2, 0.25) is 0 Å². The zero-order valence-corrected chi connectivity index (χ0v) is 18.5. The third-order valence-electron chi connectivity index (χ3n) is 5.26. The van der Waals surface area contributed by atoms with E-state index in [9.17, 15) is 10.1 Å². The molecule has 8 heteroatoms. The average Bonchev–Trinajstić information content (AvgIpc) is 2.76. The molecule has 0 bridgehead atoms. The second-order valence-corrected chi connectivity index (χ2v) is 7.99. The molecule has 31 heavy (non-hydrogen) atoms. The number of ether oxygens (including phenoxy) is 2. The van der Waals surface area contributed by atoms with Gasteiger partial charge < -0.3 is 19.8 Å². The van der Waals surface area contributed by atoms with E-state index in [0.29, 0.717) is 28.1 Å². The van der Waals surface area contributed by atoms with Gasteiger partial charge in [0.05, 0.1) is 29.6 Å². The molecule has 3 aromatic rings. The molecule has 0 unspecified atom stereocenters. The Kier molecular flexibility index (Phi) is 5.53. The zero-order chi connectivity index (χ0) is 22.1. The minimum atomic E-state index is -0.663. The molecule has 3 heterocycles. The van der Waals surface area contributed by atoms with Gasteiger partial charge in [-0.1, -0.05) is 12.1 Å². The summed E-state index contributed by atoms with van der Waals surface area (Å²) in [6.07, 6.45) is 3.41. The maximum absolute atomic E-state index is 13.7. The van der Waals surface area contributed by atoms with Crippen LogP contribution in [-0.2, 0) is 6.54 Å². The molecule has 1 aromatic carbocycles. The number of rotatable bonds is 4. The Morgan fingerprint density at radius 1 is 1.35 bits per heavy atom. The smallest absolute Gasteiger partial charge is 0.259 e. The third-order valence-corrected chi connectivity index (χ3v) is 5.88. The van der Waals surface area contributed by atoms with Crippen LogP contribution in [0.4, 0.5) is 0 Å². The van der Waals surface area contributed by atoms with E-state index in [1.807, 2.05) is 31.2 Å². The molecule has 0 aliphatic carbocycles. The van der Waals surface area contributed by atoms with Crippen molar-refractivity contribution in [2.45, 2.75) is 19.4 Å². The van der Waals surface area contributed by atoms with Crippen molar-refractivity contribution in [3.63, 3.8) is 0 Å². The number of nitrogens with zero attached hydrogens (tertiary/aromatic N) is 3. The van der Waals surface area contributed by atoms with Gasteiger partial charge in [0.1, 0.15) is 23.1 Å². The predicted molar refractivity (Wildman–Crippen MR) is 119 cm³/mol. The summed E-state index contributed by atoms with van der Waals surface area (Å²) in [4.78, 5) is 17.8. The number of benzene rings is 1. The molecule has 7 nitrogen and oxygen atoms in total. The number of aryl methyl sites for hydroxylation is 1. The number of allylic oxidation sites excluding steroid dienone is 1. The molecule has 0 spiro atoms. The van der Waals surface area contributed by atoms with Gasteiger partial charge in [-0.05, 0) is 52.2 Å². The van der Waals surface area contributed by atoms with Crippen molar-refractivity contribution in [3.8, 4) is 17.6 Å². The first-order chi connectivity index (χ1) is 14.9. The largest absolute Gasteiger partial charge is 0.496 e. The molecule has 2 aromatic heterocycles. The van der Waals surface area contributed by atoms with Crippen LogP contribution in [0.25, 0.3) is 0 Å². The lowest BCUT2D eigenvalue weighted by molar-refractivity contribution is 0.388. The van der Waals surface area contributed by atoms with Crippen LogP contribution >= 0.6 is 15.9 Å². The fourth-order valence-corrected chi connectivity index (χ4v) is 4.31. The Bertz CT molecular complexity index is 1290. The van der Waals surface area contributed by atoms with Gasteiger partial charge in [-0.15, -0.1) is 0 Å². The Morgan fingerprint density at radius 2 is 2.16 bits per heavy atom.